The van der Waals surface area contributed by atoms with Crippen LogP contribution in [0.3, 0.4) is 0 Å². The van der Waals surface area contributed by atoms with Crippen molar-refractivity contribution in [2.45, 2.75) is 12.1 Å². The summed E-state index contributed by atoms with van der Waals surface area (Å²) in [6, 6.07) is 7.44. The highest BCUT2D eigenvalue weighted by Gasteiger charge is 2.20. The predicted molar refractivity (Wildman–Crippen MR) is 91.3 cm³/mol. The van der Waals surface area contributed by atoms with Gasteiger partial charge in [-0.05, 0) is 23.8 Å². The van der Waals surface area contributed by atoms with Crippen molar-refractivity contribution in [1.82, 2.24) is 0 Å². The minimum atomic E-state index is -1.27. The number of hydrogen-bond donors (Lipinski definition) is 3. The van der Waals surface area contributed by atoms with E-state index in [-0.39, 0.29) is 22.7 Å². The van der Waals surface area contributed by atoms with Crippen LogP contribution in [-0.4, -0.2) is 44.0 Å². The van der Waals surface area contributed by atoms with Crippen molar-refractivity contribution >= 4 is 17.6 Å². The van der Waals surface area contributed by atoms with E-state index in [0.29, 0.717) is 5.56 Å². The van der Waals surface area contributed by atoms with Gasteiger partial charge in [0.1, 0.15) is 17.9 Å². The number of non-ortho nitro benzene ring substituents is 2. The van der Waals surface area contributed by atoms with E-state index in [1.807, 2.05) is 0 Å². The van der Waals surface area contributed by atoms with Crippen LogP contribution in [-0.2, 0) is 0 Å². The molecule has 0 aliphatic heterocycles. The van der Waals surface area contributed by atoms with Crippen molar-refractivity contribution in [3.63, 3.8) is 0 Å². The molecular formula is C16H15N3O7. The fourth-order valence-corrected chi connectivity index (χ4v) is 2.18. The summed E-state index contributed by atoms with van der Waals surface area (Å²) in [5.41, 5.74) is -0.0455. The number of rotatable bonds is 7. The van der Waals surface area contributed by atoms with Crippen LogP contribution in [0.2, 0.25) is 0 Å². The van der Waals surface area contributed by atoms with Gasteiger partial charge in [0.25, 0.3) is 11.4 Å². The topological polar surface area (TPSA) is 159 Å². The molecule has 0 amide bonds. The molecule has 10 heteroatoms. The maximum atomic E-state index is 10.8. The fraction of sp³-hybridized carbons (Fsp3) is 0.188. The zero-order valence-electron chi connectivity index (χ0n) is 13.3. The summed E-state index contributed by atoms with van der Waals surface area (Å²) in [4.78, 5) is 24.2. The van der Waals surface area contributed by atoms with E-state index in [2.05, 4.69) is 4.99 Å². The Morgan fingerprint density at radius 2 is 1.62 bits per heavy atom. The quantitative estimate of drug-likeness (QED) is 0.384. The van der Waals surface area contributed by atoms with Gasteiger partial charge in [0.05, 0.1) is 16.5 Å². The molecule has 0 saturated carbocycles. The van der Waals surface area contributed by atoms with Crippen LogP contribution in [0.1, 0.15) is 17.2 Å². The number of nitro groups is 2. The van der Waals surface area contributed by atoms with Gasteiger partial charge in [0.15, 0.2) is 0 Å². The number of benzene rings is 2. The number of aliphatic imine (C=N–C) groups is 1. The molecule has 0 unspecified atom stereocenters. The van der Waals surface area contributed by atoms with Crippen LogP contribution in [0, 0.1) is 20.2 Å². The normalized spacial score (nSPS) is 13.5. The van der Waals surface area contributed by atoms with Crippen molar-refractivity contribution in [3.05, 3.63) is 73.8 Å². The van der Waals surface area contributed by atoms with Crippen molar-refractivity contribution in [2.75, 3.05) is 6.61 Å². The molecule has 3 N–H and O–H groups in total. The van der Waals surface area contributed by atoms with Gasteiger partial charge in [-0.3, -0.25) is 25.2 Å². The van der Waals surface area contributed by atoms with E-state index in [0.717, 1.165) is 24.4 Å². The molecule has 0 aliphatic carbocycles. The molecule has 0 saturated heterocycles. The number of nitrogens with zero attached hydrogens (tertiary/aromatic N) is 3. The molecule has 2 atom stereocenters. The highest BCUT2D eigenvalue weighted by atomic mass is 16.6. The number of aliphatic hydroxyl groups excluding tert-OH is 2. The lowest BCUT2D eigenvalue weighted by atomic mass is 10.0. The first-order valence-corrected chi connectivity index (χ1v) is 7.37. The van der Waals surface area contributed by atoms with E-state index in [4.69, 9.17) is 0 Å². The largest absolute Gasteiger partial charge is 0.507 e. The lowest BCUT2D eigenvalue weighted by Crippen LogP contribution is -2.21. The summed E-state index contributed by atoms with van der Waals surface area (Å²) in [5.74, 6) is -0.249. The van der Waals surface area contributed by atoms with Gasteiger partial charge in [0, 0.05) is 36.0 Å². The van der Waals surface area contributed by atoms with E-state index in [9.17, 15) is 35.5 Å². The molecule has 0 spiro atoms. The third-order valence-corrected chi connectivity index (χ3v) is 3.62. The predicted octanol–water partition coefficient (Wildman–Crippen LogP) is 1.72. The average molecular weight is 361 g/mol. The van der Waals surface area contributed by atoms with E-state index in [1.54, 1.807) is 0 Å². The minimum absolute atomic E-state index is 0.0496. The second-order valence-corrected chi connectivity index (χ2v) is 5.32. The molecule has 0 heterocycles. The summed E-state index contributed by atoms with van der Waals surface area (Å²) in [7, 11) is 0. The Kier molecular flexibility index (Phi) is 5.94. The van der Waals surface area contributed by atoms with Crippen LogP contribution < -0.4 is 0 Å². The highest BCUT2D eigenvalue weighted by molar-refractivity contribution is 5.84. The Bertz CT molecular complexity index is 836. The standard InChI is InChI=1S/C16H15N3O7/c20-9-14(16(22)10-1-3-12(4-2-10)18(23)24)17-8-11-7-13(19(25)26)5-6-15(11)21/h1-8,14,16,20-22H,9H2/t14-,16+/m1/s1. The average Bonchev–Trinajstić information content (AvgIpc) is 2.63. The maximum Gasteiger partial charge on any atom is 0.270 e. The molecule has 136 valence electrons. The van der Waals surface area contributed by atoms with Gasteiger partial charge in [-0.2, -0.15) is 0 Å². The Hall–Kier alpha value is -3.37. The molecule has 10 nitrogen and oxygen atoms in total. The van der Waals surface area contributed by atoms with Crippen LogP contribution >= 0.6 is 0 Å². The van der Waals surface area contributed by atoms with Crippen LogP contribution in [0.25, 0.3) is 0 Å². The van der Waals surface area contributed by atoms with Crippen LogP contribution in [0.15, 0.2) is 47.5 Å². The van der Waals surface area contributed by atoms with Crippen molar-refractivity contribution < 1.29 is 25.2 Å². The van der Waals surface area contributed by atoms with Gasteiger partial charge < -0.3 is 15.3 Å². The SMILES string of the molecule is O=[N+]([O-])c1ccc([C@H](O)[C@@H](CO)N=Cc2cc([N+](=O)[O-])ccc2O)cc1. The highest BCUT2D eigenvalue weighted by Crippen LogP contribution is 2.24. The number of phenolic OH excluding ortho intramolecular Hbond substituents is 1. The number of aromatic hydroxyl groups is 1. The van der Waals surface area contributed by atoms with Gasteiger partial charge in [-0.25, -0.2) is 0 Å². The Balaban J connectivity index is 2.22. The van der Waals surface area contributed by atoms with E-state index < -0.39 is 28.6 Å². The molecule has 2 rings (SSSR count). The maximum absolute atomic E-state index is 10.8. The Morgan fingerprint density at radius 3 is 2.15 bits per heavy atom. The summed E-state index contributed by atoms with van der Waals surface area (Å²) in [6.07, 6.45) is -0.157. The first kappa shape index (κ1) is 19.0. The minimum Gasteiger partial charge on any atom is -0.507 e. The second-order valence-electron chi connectivity index (χ2n) is 5.32. The molecule has 2 aromatic rings. The molecule has 26 heavy (non-hydrogen) atoms. The van der Waals surface area contributed by atoms with Crippen molar-refractivity contribution in [3.8, 4) is 5.75 Å². The Labute approximate surface area is 147 Å². The first-order valence-electron chi connectivity index (χ1n) is 7.37. The molecule has 0 aliphatic rings. The number of nitro benzene ring substituents is 2. The van der Waals surface area contributed by atoms with Gasteiger partial charge in [-0.1, -0.05) is 0 Å². The fourth-order valence-electron chi connectivity index (χ4n) is 2.18. The lowest BCUT2D eigenvalue weighted by Gasteiger charge is -2.17. The number of hydrogen-bond acceptors (Lipinski definition) is 8. The zero-order chi connectivity index (χ0) is 19.3. The van der Waals surface area contributed by atoms with Crippen molar-refractivity contribution in [2.24, 2.45) is 4.99 Å². The molecule has 0 bridgehead atoms. The first-order chi connectivity index (χ1) is 12.3. The summed E-state index contributed by atoms with van der Waals surface area (Å²) in [5, 5.41) is 50.9. The third-order valence-electron chi connectivity index (χ3n) is 3.62. The number of aliphatic hydroxyl groups is 2. The van der Waals surface area contributed by atoms with E-state index >= 15 is 0 Å². The summed E-state index contributed by atoms with van der Waals surface area (Å²) in [6.45, 7) is -0.551. The van der Waals surface area contributed by atoms with Crippen LogP contribution in [0.4, 0.5) is 11.4 Å². The van der Waals surface area contributed by atoms with Gasteiger partial charge >= 0.3 is 0 Å². The lowest BCUT2D eigenvalue weighted by molar-refractivity contribution is -0.385. The molecule has 0 aromatic heterocycles. The monoisotopic (exact) mass is 361 g/mol. The van der Waals surface area contributed by atoms with Crippen molar-refractivity contribution in [1.29, 1.82) is 0 Å². The molecular weight excluding hydrogens is 346 g/mol. The third kappa shape index (κ3) is 4.37. The molecule has 0 fully saturated rings. The zero-order valence-corrected chi connectivity index (χ0v) is 13.3. The summed E-state index contributed by atoms with van der Waals surface area (Å²) >= 11 is 0. The van der Waals surface area contributed by atoms with Gasteiger partial charge in [0.2, 0.25) is 0 Å². The molecule has 0 radical (unpaired) electrons. The van der Waals surface area contributed by atoms with Gasteiger partial charge in [-0.15, -0.1) is 0 Å². The van der Waals surface area contributed by atoms with E-state index in [1.165, 1.54) is 24.3 Å². The van der Waals surface area contributed by atoms with Crippen LogP contribution in [0.5, 0.6) is 5.75 Å². The summed E-state index contributed by atoms with van der Waals surface area (Å²) < 4.78 is 0. The molecule has 2 aromatic carbocycles. The smallest absolute Gasteiger partial charge is 0.270 e. The number of phenols is 1. The second kappa shape index (κ2) is 8.14. The Morgan fingerprint density at radius 1 is 1.04 bits per heavy atom.